The van der Waals surface area contributed by atoms with E-state index in [-0.39, 0.29) is 11.7 Å². The Bertz CT molecular complexity index is 906. The second-order valence-corrected chi connectivity index (χ2v) is 6.49. The van der Waals surface area contributed by atoms with E-state index in [4.69, 9.17) is 4.74 Å². The van der Waals surface area contributed by atoms with E-state index in [1.165, 1.54) is 6.07 Å². The molecule has 0 fully saturated rings. The van der Waals surface area contributed by atoms with E-state index in [0.717, 1.165) is 11.3 Å². The summed E-state index contributed by atoms with van der Waals surface area (Å²) >= 11 is 0. The molecule has 1 amide bonds. The summed E-state index contributed by atoms with van der Waals surface area (Å²) in [5, 5.41) is 2.86. The maximum atomic E-state index is 13.6. The number of pyridine rings is 1. The van der Waals surface area contributed by atoms with Crippen LogP contribution in [0.1, 0.15) is 41.4 Å². The molecule has 1 heterocycles. The Labute approximate surface area is 158 Å². The van der Waals surface area contributed by atoms with Crippen LogP contribution in [0, 0.1) is 5.82 Å². The SMILES string of the molecule is CC(C)c1ccc(C(=O)NCc2ccc(Oc3ccccc3F)cc2)cn1. The van der Waals surface area contributed by atoms with Crippen LogP contribution in [-0.2, 0) is 6.54 Å². The Hall–Kier alpha value is -3.21. The van der Waals surface area contributed by atoms with Crippen molar-refractivity contribution in [3.63, 3.8) is 0 Å². The van der Waals surface area contributed by atoms with Gasteiger partial charge >= 0.3 is 0 Å². The first-order valence-electron chi connectivity index (χ1n) is 8.78. The minimum absolute atomic E-state index is 0.176. The van der Waals surface area contributed by atoms with Crippen molar-refractivity contribution in [1.82, 2.24) is 10.3 Å². The van der Waals surface area contributed by atoms with E-state index < -0.39 is 5.82 Å². The third-order valence-corrected chi connectivity index (χ3v) is 4.08. The molecule has 0 aliphatic heterocycles. The number of hydrogen-bond acceptors (Lipinski definition) is 3. The molecule has 0 saturated carbocycles. The number of para-hydroxylation sites is 1. The van der Waals surface area contributed by atoms with Crippen LogP contribution in [0.3, 0.4) is 0 Å². The third kappa shape index (κ3) is 4.91. The number of carbonyl (C=O) groups excluding carboxylic acids is 1. The summed E-state index contributed by atoms with van der Waals surface area (Å²) in [5.74, 6) is 0.446. The second-order valence-electron chi connectivity index (χ2n) is 6.49. The molecule has 0 aliphatic carbocycles. The number of hydrogen-bond donors (Lipinski definition) is 1. The van der Waals surface area contributed by atoms with Crippen molar-refractivity contribution in [1.29, 1.82) is 0 Å². The Morgan fingerprint density at radius 3 is 2.44 bits per heavy atom. The fourth-order valence-electron chi connectivity index (χ4n) is 2.50. The van der Waals surface area contributed by atoms with Crippen molar-refractivity contribution in [3.05, 3.63) is 89.5 Å². The smallest absolute Gasteiger partial charge is 0.253 e. The van der Waals surface area contributed by atoms with E-state index in [0.29, 0.717) is 23.8 Å². The lowest BCUT2D eigenvalue weighted by molar-refractivity contribution is 0.0950. The fraction of sp³-hybridized carbons (Fsp3) is 0.182. The van der Waals surface area contributed by atoms with E-state index in [1.54, 1.807) is 42.6 Å². The lowest BCUT2D eigenvalue weighted by Gasteiger charge is -2.09. The summed E-state index contributed by atoms with van der Waals surface area (Å²) in [6, 6.07) is 17.0. The van der Waals surface area contributed by atoms with Crippen molar-refractivity contribution in [2.45, 2.75) is 26.3 Å². The lowest BCUT2D eigenvalue weighted by atomic mass is 10.1. The van der Waals surface area contributed by atoms with Gasteiger partial charge in [0.15, 0.2) is 11.6 Å². The van der Waals surface area contributed by atoms with Crippen LogP contribution in [0.2, 0.25) is 0 Å². The van der Waals surface area contributed by atoms with Crippen LogP contribution < -0.4 is 10.1 Å². The molecule has 0 unspecified atom stereocenters. The van der Waals surface area contributed by atoms with Gasteiger partial charge in [0.2, 0.25) is 0 Å². The van der Waals surface area contributed by atoms with Crippen LogP contribution in [0.25, 0.3) is 0 Å². The number of nitrogens with one attached hydrogen (secondary N) is 1. The maximum Gasteiger partial charge on any atom is 0.253 e. The van der Waals surface area contributed by atoms with Gasteiger partial charge < -0.3 is 10.1 Å². The molecule has 0 spiro atoms. The number of nitrogens with zero attached hydrogens (tertiary/aromatic N) is 1. The number of benzene rings is 2. The highest BCUT2D eigenvalue weighted by molar-refractivity contribution is 5.93. The average molecular weight is 364 g/mol. The number of aromatic nitrogens is 1. The summed E-state index contributed by atoms with van der Waals surface area (Å²) in [7, 11) is 0. The molecule has 0 bridgehead atoms. The van der Waals surface area contributed by atoms with Gasteiger partial charge in [0, 0.05) is 18.4 Å². The number of carbonyl (C=O) groups is 1. The first-order chi connectivity index (χ1) is 13.0. The second kappa shape index (κ2) is 8.45. The fourth-order valence-corrected chi connectivity index (χ4v) is 2.50. The number of amides is 1. The highest BCUT2D eigenvalue weighted by Crippen LogP contribution is 2.24. The number of halogens is 1. The molecule has 2 aromatic carbocycles. The van der Waals surface area contributed by atoms with Crippen molar-refractivity contribution in [3.8, 4) is 11.5 Å². The molecule has 138 valence electrons. The van der Waals surface area contributed by atoms with Gasteiger partial charge in [0.1, 0.15) is 5.75 Å². The predicted octanol–water partition coefficient (Wildman–Crippen LogP) is 5.07. The van der Waals surface area contributed by atoms with Crippen molar-refractivity contribution in [2.24, 2.45) is 0 Å². The van der Waals surface area contributed by atoms with Crippen LogP contribution >= 0.6 is 0 Å². The molecule has 0 atom stereocenters. The Kier molecular flexibility index (Phi) is 5.81. The Balaban J connectivity index is 1.56. The standard InChI is InChI=1S/C22H21FN2O2/c1-15(2)20-12-9-17(14-24-20)22(26)25-13-16-7-10-18(11-8-16)27-21-6-4-3-5-19(21)23/h3-12,14-15H,13H2,1-2H3,(H,25,26). The summed E-state index contributed by atoms with van der Waals surface area (Å²) in [6.07, 6.45) is 1.59. The maximum absolute atomic E-state index is 13.6. The number of rotatable bonds is 6. The quantitative estimate of drug-likeness (QED) is 0.665. The molecule has 3 aromatic rings. The van der Waals surface area contributed by atoms with Crippen LogP contribution in [0.4, 0.5) is 4.39 Å². The normalized spacial score (nSPS) is 10.7. The van der Waals surface area contributed by atoms with Crippen molar-refractivity contribution >= 4 is 5.91 Å². The van der Waals surface area contributed by atoms with E-state index >= 15 is 0 Å². The zero-order valence-electron chi connectivity index (χ0n) is 15.3. The molecule has 4 nitrogen and oxygen atoms in total. The van der Waals surface area contributed by atoms with Gasteiger partial charge in [0.25, 0.3) is 5.91 Å². The lowest BCUT2D eigenvalue weighted by Crippen LogP contribution is -2.23. The zero-order chi connectivity index (χ0) is 19.2. The first-order valence-corrected chi connectivity index (χ1v) is 8.78. The summed E-state index contributed by atoms with van der Waals surface area (Å²) < 4.78 is 19.1. The van der Waals surface area contributed by atoms with Crippen LogP contribution in [0.15, 0.2) is 66.9 Å². The van der Waals surface area contributed by atoms with Gasteiger partial charge in [-0.25, -0.2) is 4.39 Å². The molecule has 27 heavy (non-hydrogen) atoms. The molecule has 0 aliphatic rings. The highest BCUT2D eigenvalue weighted by Gasteiger charge is 2.08. The average Bonchev–Trinajstić information content (AvgIpc) is 2.69. The Morgan fingerprint density at radius 1 is 1.07 bits per heavy atom. The molecular formula is C22H21FN2O2. The third-order valence-electron chi connectivity index (χ3n) is 4.08. The molecular weight excluding hydrogens is 343 g/mol. The largest absolute Gasteiger partial charge is 0.454 e. The van der Waals surface area contributed by atoms with Gasteiger partial charge in [-0.2, -0.15) is 0 Å². The minimum atomic E-state index is -0.411. The Morgan fingerprint density at radius 2 is 1.81 bits per heavy atom. The molecule has 0 saturated heterocycles. The van der Waals surface area contributed by atoms with Crippen LogP contribution in [0.5, 0.6) is 11.5 Å². The minimum Gasteiger partial charge on any atom is -0.454 e. The summed E-state index contributed by atoms with van der Waals surface area (Å²) in [4.78, 5) is 16.5. The van der Waals surface area contributed by atoms with Gasteiger partial charge in [-0.3, -0.25) is 9.78 Å². The van der Waals surface area contributed by atoms with Gasteiger partial charge in [-0.15, -0.1) is 0 Å². The molecule has 1 aromatic heterocycles. The van der Waals surface area contributed by atoms with Gasteiger partial charge in [-0.1, -0.05) is 38.1 Å². The number of ether oxygens (including phenoxy) is 1. The first kappa shape index (κ1) is 18.6. The monoisotopic (exact) mass is 364 g/mol. The van der Waals surface area contributed by atoms with Gasteiger partial charge in [0.05, 0.1) is 5.56 Å². The summed E-state index contributed by atoms with van der Waals surface area (Å²) in [6.45, 7) is 4.49. The molecule has 0 radical (unpaired) electrons. The highest BCUT2D eigenvalue weighted by atomic mass is 19.1. The predicted molar refractivity (Wildman–Crippen MR) is 102 cm³/mol. The topological polar surface area (TPSA) is 51.2 Å². The van der Waals surface area contributed by atoms with E-state index in [2.05, 4.69) is 24.1 Å². The van der Waals surface area contributed by atoms with E-state index in [1.807, 2.05) is 18.2 Å². The molecule has 3 rings (SSSR count). The van der Waals surface area contributed by atoms with Crippen LogP contribution in [-0.4, -0.2) is 10.9 Å². The van der Waals surface area contributed by atoms with Crippen molar-refractivity contribution < 1.29 is 13.9 Å². The summed E-state index contributed by atoms with van der Waals surface area (Å²) in [5.41, 5.74) is 2.40. The van der Waals surface area contributed by atoms with Gasteiger partial charge in [-0.05, 0) is 47.9 Å². The molecule has 1 N–H and O–H groups in total. The van der Waals surface area contributed by atoms with Crippen molar-refractivity contribution in [2.75, 3.05) is 0 Å². The molecule has 5 heteroatoms. The van der Waals surface area contributed by atoms with E-state index in [9.17, 15) is 9.18 Å². The zero-order valence-corrected chi connectivity index (χ0v) is 15.3.